The summed E-state index contributed by atoms with van der Waals surface area (Å²) in [5.41, 5.74) is 3.94. The normalized spacial score (nSPS) is 11.7. The average molecular weight is 349 g/mol. The van der Waals surface area contributed by atoms with Crippen LogP contribution in [0.2, 0.25) is 0 Å². The van der Waals surface area contributed by atoms with Gasteiger partial charge in [-0.15, -0.1) is 0 Å². The van der Waals surface area contributed by atoms with Crippen LogP contribution in [-0.2, 0) is 6.42 Å². The maximum absolute atomic E-state index is 11.5. The molecule has 0 spiro atoms. The van der Waals surface area contributed by atoms with Gasteiger partial charge in [-0.1, -0.05) is 6.92 Å². The number of pyridine rings is 1. The van der Waals surface area contributed by atoms with Crippen LogP contribution in [0.4, 0.5) is 0 Å². The molecule has 4 aromatic heterocycles. The van der Waals surface area contributed by atoms with Crippen LogP contribution in [-0.4, -0.2) is 35.2 Å². The Bertz CT molecular complexity index is 1140. The first kappa shape index (κ1) is 16.3. The van der Waals surface area contributed by atoms with Gasteiger partial charge >= 0.3 is 5.97 Å². The molecule has 0 aliphatic carbocycles. The van der Waals surface area contributed by atoms with Gasteiger partial charge in [0.15, 0.2) is 5.65 Å². The summed E-state index contributed by atoms with van der Waals surface area (Å²) in [7, 11) is 0. The molecule has 0 aliphatic rings. The summed E-state index contributed by atoms with van der Waals surface area (Å²) in [6.45, 7) is 6.22. The van der Waals surface area contributed by atoms with Crippen molar-refractivity contribution in [3.8, 4) is 11.3 Å². The van der Waals surface area contributed by atoms with Crippen LogP contribution >= 0.6 is 0 Å². The standard InChI is InChI=1S/C19H19N5O2/c1-4-12-8-16(22-18-14(19(25)26)9-21-24(12)18)15-10-23(11(2)3)17-13(15)6-5-7-20-17/h5-11H,4H2,1-3H3,(H,25,26). The number of fused-ring (bicyclic) bond motifs is 2. The molecule has 0 fully saturated rings. The maximum Gasteiger partial charge on any atom is 0.341 e. The number of aromatic carboxylic acids is 1. The average Bonchev–Trinajstić information content (AvgIpc) is 3.22. The van der Waals surface area contributed by atoms with E-state index in [1.807, 2.05) is 31.3 Å². The van der Waals surface area contributed by atoms with E-state index >= 15 is 0 Å². The van der Waals surface area contributed by atoms with Gasteiger partial charge in [-0.25, -0.2) is 19.3 Å². The second-order valence-corrected chi connectivity index (χ2v) is 6.50. The molecular formula is C19H19N5O2. The number of hydrogen-bond acceptors (Lipinski definition) is 4. The quantitative estimate of drug-likeness (QED) is 0.608. The third-order valence-electron chi connectivity index (χ3n) is 4.56. The van der Waals surface area contributed by atoms with Crippen molar-refractivity contribution in [1.82, 2.24) is 24.1 Å². The minimum atomic E-state index is -1.03. The molecule has 0 amide bonds. The van der Waals surface area contributed by atoms with Crippen LogP contribution in [0.25, 0.3) is 27.9 Å². The number of rotatable bonds is 4. The number of carboxylic acids is 1. The molecule has 0 bridgehead atoms. The molecule has 0 unspecified atom stereocenters. The highest BCUT2D eigenvalue weighted by Gasteiger charge is 2.19. The molecule has 0 saturated carbocycles. The summed E-state index contributed by atoms with van der Waals surface area (Å²) in [4.78, 5) is 20.7. The van der Waals surface area contributed by atoms with Gasteiger partial charge < -0.3 is 9.67 Å². The third-order valence-corrected chi connectivity index (χ3v) is 4.56. The topological polar surface area (TPSA) is 85.3 Å². The molecule has 4 heterocycles. The van der Waals surface area contributed by atoms with E-state index in [2.05, 4.69) is 33.5 Å². The van der Waals surface area contributed by atoms with Crippen LogP contribution in [0.1, 0.15) is 42.9 Å². The highest BCUT2D eigenvalue weighted by Crippen LogP contribution is 2.31. The maximum atomic E-state index is 11.5. The van der Waals surface area contributed by atoms with Crippen molar-refractivity contribution in [2.24, 2.45) is 0 Å². The first-order chi connectivity index (χ1) is 12.5. The van der Waals surface area contributed by atoms with Crippen molar-refractivity contribution < 1.29 is 9.90 Å². The second-order valence-electron chi connectivity index (χ2n) is 6.50. The van der Waals surface area contributed by atoms with E-state index in [-0.39, 0.29) is 11.6 Å². The Morgan fingerprint density at radius 3 is 2.81 bits per heavy atom. The zero-order valence-electron chi connectivity index (χ0n) is 14.8. The summed E-state index contributed by atoms with van der Waals surface area (Å²) in [6.07, 6.45) is 5.89. The van der Waals surface area contributed by atoms with Crippen LogP contribution in [0.3, 0.4) is 0 Å². The van der Waals surface area contributed by atoms with Crippen LogP contribution < -0.4 is 0 Å². The van der Waals surface area contributed by atoms with Gasteiger partial charge in [0.2, 0.25) is 0 Å². The Labute approximate surface area is 149 Å². The lowest BCUT2D eigenvalue weighted by molar-refractivity contribution is 0.0699. The molecular weight excluding hydrogens is 330 g/mol. The van der Waals surface area contributed by atoms with Crippen molar-refractivity contribution in [2.45, 2.75) is 33.2 Å². The van der Waals surface area contributed by atoms with E-state index in [4.69, 9.17) is 0 Å². The molecule has 4 rings (SSSR count). The lowest BCUT2D eigenvalue weighted by Gasteiger charge is -2.07. The van der Waals surface area contributed by atoms with Gasteiger partial charge in [0.25, 0.3) is 0 Å². The van der Waals surface area contributed by atoms with Crippen LogP contribution in [0, 0.1) is 0 Å². The zero-order chi connectivity index (χ0) is 18.4. The summed E-state index contributed by atoms with van der Waals surface area (Å²) in [5.74, 6) is -1.03. The lowest BCUT2D eigenvalue weighted by atomic mass is 10.1. The Hall–Kier alpha value is -3.22. The molecule has 132 valence electrons. The minimum absolute atomic E-state index is 0.104. The minimum Gasteiger partial charge on any atom is -0.477 e. The smallest absolute Gasteiger partial charge is 0.341 e. The molecule has 26 heavy (non-hydrogen) atoms. The molecule has 0 saturated heterocycles. The fourth-order valence-corrected chi connectivity index (χ4v) is 3.25. The Balaban J connectivity index is 2.05. The molecule has 0 aliphatic heterocycles. The van der Waals surface area contributed by atoms with E-state index in [9.17, 15) is 9.90 Å². The first-order valence-electron chi connectivity index (χ1n) is 8.58. The molecule has 7 nitrogen and oxygen atoms in total. The zero-order valence-corrected chi connectivity index (χ0v) is 14.8. The fraction of sp³-hybridized carbons (Fsp3) is 0.263. The molecule has 1 N–H and O–H groups in total. The van der Waals surface area contributed by atoms with E-state index < -0.39 is 5.97 Å². The SMILES string of the molecule is CCc1cc(-c2cn(C(C)C)c3ncccc23)nc2c(C(=O)O)cnn12. The number of carboxylic acid groups (broad SMARTS) is 1. The van der Waals surface area contributed by atoms with E-state index in [0.29, 0.717) is 12.1 Å². The predicted molar refractivity (Wildman–Crippen MR) is 98.4 cm³/mol. The Kier molecular flexibility index (Phi) is 3.72. The largest absolute Gasteiger partial charge is 0.477 e. The van der Waals surface area contributed by atoms with Crippen LogP contribution in [0.5, 0.6) is 0 Å². The molecule has 7 heteroatoms. The second kappa shape index (κ2) is 5.94. The fourth-order valence-electron chi connectivity index (χ4n) is 3.25. The number of hydrogen-bond donors (Lipinski definition) is 1. The van der Waals surface area contributed by atoms with Gasteiger partial charge in [0.1, 0.15) is 11.2 Å². The van der Waals surface area contributed by atoms with E-state index in [1.165, 1.54) is 6.20 Å². The van der Waals surface area contributed by atoms with E-state index in [1.54, 1.807) is 10.7 Å². The summed E-state index contributed by atoms with van der Waals surface area (Å²) >= 11 is 0. The number of aromatic nitrogens is 5. The summed E-state index contributed by atoms with van der Waals surface area (Å²) in [6, 6.07) is 6.14. The highest BCUT2D eigenvalue weighted by atomic mass is 16.4. The Morgan fingerprint density at radius 2 is 2.12 bits per heavy atom. The predicted octanol–water partition coefficient (Wildman–Crippen LogP) is 3.59. The molecule has 4 aromatic rings. The summed E-state index contributed by atoms with van der Waals surface area (Å²) in [5, 5.41) is 14.6. The number of carbonyl (C=O) groups is 1. The lowest BCUT2D eigenvalue weighted by Crippen LogP contribution is -2.03. The van der Waals surface area contributed by atoms with Gasteiger partial charge in [-0.2, -0.15) is 5.10 Å². The van der Waals surface area contributed by atoms with E-state index in [0.717, 1.165) is 28.0 Å². The highest BCUT2D eigenvalue weighted by molar-refractivity contribution is 5.96. The monoisotopic (exact) mass is 349 g/mol. The molecule has 0 aromatic carbocycles. The number of aryl methyl sites for hydroxylation is 1. The Morgan fingerprint density at radius 1 is 1.31 bits per heavy atom. The van der Waals surface area contributed by atoms with Crippen molar-refractivity contribution in [3.63, 3.8) is 0 Å². The van der Waals surface area contributed by atoms with Gasteiger partial charge in [0.05, 0.1) is 11.9 Å². The first-order valence-corrected chi connectivity index (χ1v) is 8.58. The van der Waals surface area contributed by atoms with Crippen LogP contribution in [0.15, 0.2) is 36.8 Å². The van der Waals surface area contributed by atoms with Gasteiger partial charge in [-0.3, -0.25) is 0 Å². The molecule has 0 atom stereocenters. The molecule has 0 radical (unpaired) electrons. The van der Waals surface area contributed by atoms with Crippen molar-refractivity contribution in [2.75, 3.05) is 0 Å². The van der Waals surface area contributed by atoms with Crippen molar-refractivity contribution in [3.05, 3.63) is 48.0 Å². The third kappa shape index (κ3) is 2.35. The van der Waals surface area contributed by atoms with Crippen molar-refractivity contribution >= 4 is 22.6 Å². The number of nitrogens with zero attached hydrogens (tertiary/aromatic N) is 5. The van der Waals surface area contributed by atoms with Gasteiger partial charge in [0, 0.05) is 35.1 Å². The summed E-state index contributed by atoms with van der Waals surface area (Å²) < 4.78 is 3.71. The van der Waals surface area contributed by atoms with Crippen molar-refractivity contribution in [1.29, 1.82) is 0 Å². The van der Waals surface area contributed by atoms with Gasteiger partial charge in [-0.05, 0) is 38.5 Å².